The van der Waals surface area contributed by atoms with Crippen molar-refractivity contribution in [3.63, 3.8) is 0 Å². The summed E-state index contributed by atoms with van der Waals surface area (Å²) in [6.45, 7) is 4.47. The zero-order valence-corrected chi connectivity index (χ0v) is 12.2. The van der Waals surface area contributed by atoms with Crippen LogP contribution in [0.25, 0.3) is 11.3 Å². The van der Waals surface area contributed by atoms with Gasteiger partial charge in [-0.3, -0.25) is 9.59 Å². The summed E-state index contributed by atoms with van der Waals surface area (Å²) in [4.78, 5) is 25.1. The molecule has 0 spiro atoms. The van der Waals surface area contributed by atoms with E-state index in [0.717, 1.165) is 29.5 Å². The molecule has 0 bridgehead atoms. The van der Waals surface area contributed by atoms with Gasteiger partial charge in [-0.2, -0.15) is 0 Å². The van der Waals surface area contributed by atoms with Gasteiger partial charge < -0.3 is 4.74 Å². The van der Waals surface area contributed by atoms with Crippen molar-refractivity contribution in [2.75, 3.05) is 6.61 Å². The highest BCUT2D eigenvalue weighted by Crippen LogP contribution is 2.42. The molecule has 2 aliphatic carbocycles. The lowest BCUT2D eigenvalue weighted by Crippen LogP contribution is -2.27. The van der Waals surface area contributed by atoms with Crippen molar-refractivity contribution in [2.45, 2.75) is 26.7 Å². The Balaban J connectivity index is 2.03. The number of hydrogen-bond acceptors (Lipinski definition) is 3. The summed E-state index contributed by atoms with van der Waals surface area (Å²) in [6.07, 6.45) is 3.91. The van der Waals surface area contributed by atoms with Gasteiger partial charge in [-0.05, 0) is 42.5 Å². The van der Waals surface area contributed by atoms with E-state index in [1.165, 1.54) is 5.57 Å². The highest BCUT2D eigenvalue weighted by Gasteiger charge is 2.41. The van der Waals surface area contributed by atoms with Crippen LogP contribution in [0.5, 0.6) is 0 Å². The molecular formula is C18H16O3. The lowest BCUT2D eigenvalue weighted by atomic mass is 9.78. The third-order valence-corrected chi connectivity index (χ3v) is 4.72. The van der Waals surface area contributed by atoms with Gasteiger partial charge in [0, 0.05) is 17.0 Å². The van der Waals surface area contributed by atoms with Gasteiger partial charge >= 0.3 is 0 Å². The first kappa shape index (κ1) is 12.6. The summed E-state index contributed by atoms with van der Waals surface area (Å²) in [5, 5.41) is 0. The molecule has 3 heteroatoms. The predicted octanol–water partition coefficient (Wildman–Crippen LogP) is 3.18. The summed E-state index contributed by atoms with van der Waals surface area (Å²) in [5.74, 6) is -0.0878. The van der Waals surface area contributed by atoms with Crippen LogP contribution in [-0.2, 0) is 16.0 Å². The zero-order chi connectivity index (χ0) is 14.7. The van der Waals surface area contributed by atoms with Crippen molar-refractivity contribution in [3.05, 3.63) is 46.0 Å². The van der Waals surface area contributed by atoms with Crippen molar-refractivity contribution < 1.29 is 14.3 Å². The number of carbonyl (C=O) groups excluding carboxylic acids is 2. The Morgan fingerprint density at radius 2 is 1.90 bits per heavy atom. The molecule has 0 unspecified atom stereocenters. The smallest absolute Gasteiger partial charge is 0.234 e. The zero-order valence-electron chi connectivity index (χ0n) is 12.2. The maximum atomic E-state index is 12.6. The number of hydrogen-bond donors (Lipinski definition) is 0. The van der Waals surface area contributed by atoms with Gasteiger partial charge in [0.15, 0.2) is 0 Å². The maximum Gasteiger partial charge on any atom is 0.234 e. The topological polar surface area (TPSA) is 43.4 Å². The summed E-state index contributed by atoms with van der Waals surface area (Å²) in [6, 6.07) is 3.99. The molecular weight excluding hydrogens is 264 g/mol. The third-order valence-electron chi connectivity index (χ3n) is 4.72. The van der Waals surface area contributed by atoms with E-state index in [1.807, 2.05) is 13.0 Å². The van der Waals surface area contributed by atoms with E-state index in [9.17, 15) is 9.59 Å². The standard InChI is InChI=1S/C18H16O3/c1-9-4-3-5-12-11(9)6-7-13-15(12)17(20)16(19)14-10(2)8-21-18(13)14/h4,6-7,10H,3,5,8H2,1-2H3/t10-/m0/s1. The Hall–Kier alpha value is -2.16. The number of ether oxygens (including phenoxy) is 1. The molecule has 0 fully saturated rings. The normalized spacial score (nSPS) is 23.3. The molecule has 1 atom stereocenters. The van der Waals surface area contributed by atoms with E-state index in [4.69, 9.17) is 4.74 Å². The molecule has 1 aliphatic heterocycles. The highest BCUT2D eigenvalue weighted by atomic mass is 16.5. The molecule has 1 aromatic carbocycles. The first-order valence-corrected chi connectivity index (χ1v) is 7.39. The van der Waals surface area contributed by atoms with Crippen molar-refractivity contribution in [2.24, 2.45) is 5.92 Å². The van der Waals surface area contributed by atoms with Crippen LogP contribution in [0, 0.1) is 5.92 Å². The fourth-order valence-corrected chi connectivity index (χ4v) is 3.65. The van der Waals surface area contributed by atoms with Crippen LogP contribution in [0.4, 0.5) is 0 Å². The summed E-state index contributed by atoms with van der Waals surface area (Å²) in [5.41, 5.74) is 5.25. The fraction of sp³-hybridized carbons (Fsp3) is 0.333. The van der Waals surface area contributed by atoms with E-state index in [0.29, 0.717) is 23.5 Å². The van der Waals surface area contributed by atoms with Crippen LogP contribution in [0.2, 0.25) is 0 Å². The third kappa shape index (κ3) is 1.54. The molecule has 0 amide bonds. The molecule has 3 aliphatic rings. The monoisotopic (exact) mass is 280 g/mol. The van der Waals surface area contributed by atoms with Crippen molar-refractivity contribution in [1.82, 2.24) is 0 Å². The second-order valence-corrected chi connectivity index (χ2v) is 6.05. The first-order valence-electron chi connectivity index (χ1n) is 7.39. The molecule has 0 N–H and O–H groups in total. The van der Waals surface area contributed by atoms with Gasteiger partial charge in [0.1, 0.15) is 5.76 Å². The Morgan fingerprint density at radius 3 is 2.71 bits per heavy atom. The molecule has 21 heavy (non-hydrogen) atoms. The fourth-order valence-electron chi connectivity index (χ4n) is 3.65. The van der Waals surface area contributed by atoms with Gasteiger partial charge in [0.2, 0.25) is 11.6 Å². The molecule has 0 saturated heterocycles. The lowest BCUT2D eigenvalue weighted by Gasteiger charge is -2.24. The average Bonchev–Trinajstić information content (AvgIpc) is 2.86. The van der Waals surface area contributed by atoms with E-state index in [2.05, 4.69) is 19.1 Å². The van der Waals surface area contributed by atoms with Crippen molar-refractivity contribution >= 4 is 22.9 Å². The maximum absolute atomic E-state index is 12.6. The highest BCUT2D eigenvalue weighted by molar-refractivity contribution is 6.52. The minimum atomic E-state index is -0.372. The minimum Gasteiger partial charge on any atom is -0.492 e. The SMILES string of the molecule is CC1=CCCc2c1ccc1c2C(=O)C(=O)C2=C1OC[C@@H]2C. The van der Waals surface area contributed by atoms with Crippen LogP contribution in [0.15, 0.2) is 23.8 Å². The van der Waals surface area contributed by atoms with Crippen LogP contribution in [-0.4, -0.2) is 18.2 Å². The quantitative estimate of drug-likeness (QED) is 0.685. The number of ketones is 2. The lowest BCUT2D eigenvalue weighted by molar-refractivity contribution is -0.112. The molecule has 1 heterocycles. The number of allylic oxidation sites excluding steroid dienone is 2. The van der Waals surface area contributed by atoms with Gasteiger partial charge in [-0.15, -0.1) is 0 Å². The Kier molecular flexibility index (Phi) is 2.49. The summed E-state index contributed by atoms with van der Waals surface area (Å²) < 4.78 is 5.72. The van der Waals surface area contributed by atoms with Gasteiger partial charge in [-0.1, -0.05) is 19.1 Å². The van der Waals surface area contributed by atoms with E-state index < -0.39 is 0 Å². The number of benzene rings is 1. The second kappa shape index (κ2) is 4.17. The second-order valence-electron chi connectivity index (χ2n) is 6.05. The van der Waals surface area contributed by atoms with E-state index in [1.54, 1.807) is 0 Å². The Morgan fingerprint density at radius 1 is 1.14 bits per heavy atom. The van der Waals surface area contributed by atoms with Gasteiger partial charge in [0.25, 0.3) is 0 Å². The molecule has 3 nitrogen and oxygen atoms in total. The van der Waals surface area contributed by atoms with E-state index >= 15 is 0 Å². The summed E-state index contributed by atoms with van der Waals surface area (Å²) in [7, 11) is 0. The van der Waals surface area contributed by atoms with E-state index in [-0.39, 0.29) is 17.5 Å². The van der Waals surface area contributed by atoms with Crippen molar-refractivity contribution in [1.29, 1.82) is 0 Å². The largest absolute Gasteiger partial charge is 0.492 e. The van der Waals surface area contributed by atoms with Crippen molar-refractivity contribution in [3.8, 4) is 0 Å². The van der Waals surface area contributed by atoms with Crippen LogP contribution in [0.3, 0.4) is 0 Å². The molecule has 106 valence electrons. The van der Waals surface area contributed by atoms with Gasteiger partial charge in [-0.25, -0.2) is 0 Å². The molecule has 0 radical (unpaired) electrons. The number of rotatable bonds is 0. The molecule has 0 aromatic heterocycles. The molecule has 0 saturated carbocycles. The Bertz CT molecular complexity index is 765. The number of Topliss-reactive ketones (excluding diaryl/α,β-unsaturated/α-hetero) is 2. The van der Waals surface area contributed by atoms with Crippen LogP contribution >= 0.6 is 0 Å². The first-order chi connectivity index (χ1) is 10.1. The van der Waals surface area contributed by atoms with Crippen LogP contribution < -0.4 is 0 Å². The van der Waals surface area contributed by atoms with Crippen LogP contribution in [0.1, 0.15) is 47.3 Å². The summed E-state index contributed by atoms with van der Waals surface area (Å²) >= 11 is 0. The molecule has 1 aromatic rings. The average molecular weight is 280 g/mol. The minimum absolute atomic E-state index is 0.00210. The molecule has 4 rings (SSSR count). The predicted molar refractivity (Wildman–Crippen MR) is 79.8 cm³/mol. The number of carbonyl (C=O) groups is 2. The Labute approximate surface area is 123 Å². The number of fused-ring (bicyclic) bond motifs is 4. The van der Waals surface area contributed by atoms with Gasteiger partial charge in [0.05, 0.1) is 12.2 Å².